The first-order valence-electron chi connectivity index (χ1n) is 6.30. The van der Waals surface area contributed by atoms with Gasteiger partial charge in [0.25, 0.3) is 0 Å². The monoisotopic (exact) mass is 230 g/mol. The van der Waals surface area contributed by atoms with Gasteiger partial charge in [-0.25, -0.2) is 0 Å². The minimum atomic E-state index is 1.16. The van der Waals surface area contributed by atoms with Crippen molar-refractivity contribution in [3.63, 3.8) is 0 Å². The molecule has 92 valence electrons. The Morgan fingerprint density at radius 2 is 1.94 bits per heavy atom. The molecule has 0 radical (unpaired) electrons. The van der Waals surface area contributed by atoms with Crippen LogP contribution in [-0.4, -0.2) is 30.5 Å². The van der Waals surface area contributed by atoms with Gasteiger partial charge >= 0.3 is 0 Å². The van der Waals surface area contributed by atoms with Gasteiger partial charge in [-0.1, -0.05) is 6.07 Å². The Bertz CT molecular complexity index is 509. The third-order valence-corrected chi connectivity index (χ3v) is 3.44. The number of nitrogens with one attached hydrogen (secondary N) is 1. The fourth-order valence-corrected chi connectivity index (χ4v) is 2.26. The summed E-state index contributed by atoms with van der Waals surface area (Å²) in [6.07, 6.45) is 2.39. The number of fused-ring (bicyclic) bond motifs is 1. The Hall–Kier alpha value is -1.28. The summed E-state index contributed by atoms with van der Waals surface area (Å²) in [6.45, 7) is 5.49. The van der Waals surface area contributed by atoms with E-state index in [0.29, 0.717) is 0 Å². The SMILES string of the molecule is Cc1[nH]c2ccc(CCCN(C)C)cc2c1C. The topological polar surface area (TPSA) is 19.0 Å². The van der Waals surface area contributed by atoms with Crippen LogP contribution in [0.15, 0.2) is 18.2 Å². The van der Waals surface area contributed by atoms with E-state index in [1.54, 1.807) is 0 Å². The van der Waals surface area contributed by atoms with Crippen LogP contribution in [-0.2, 0) is 6.42 Å². The Morgan fingerprint density at radius 1 is 1.18 bits per heavy atom. The van der Waals surface area contributed by atoms with E-state index in [9.17, 15) is 0 Å². The van der Waals surface area contributed by atoms with Crippen molar-refractivity contribution in [2.75, 3.05) is 20.6 Å². The molecule has 2 aromatic rings. The van der Waals surface area contributed by atoms with Crippen LogP contribution in [0.3, 0.4) is 0 Å². The molecule has 0 fully saturated rings. The van der Waals surface area contributed by atoms with Gasteiger partial charge in [-0.3, -0.25) is 0 Å². The predicted octanol–water partition coefficient (Wildman–Crippen LogP) is 3.28. The summed E-state index contributed by atoms with van der Waals surface area (Å²) in [5, 5.41) is 1.38. The molecule has 0 aliphatic rings. The first-order valence-corrected chi connectivity index (χ1v) is 6.30. The maximum Gasteiger partial charge on any atom is 0.0458 e. The van der Waals surface area contributed by atoms with Crippen LogP contribution in [0.2, 0.25) is 0 Å². The highest BCUT2D eigenvalue weighted by atomic mass is 15.0. The summed E-state index contributed by atoms with van der Waals surface area (Å²) >= 11 is 0. The Labute approximate surface area is 104 Å². The van der Waals surface area contributed by atoms with Gasteiger partial charge in [-0.15, -0.1) is 0 Å². The van der Waals surface area contributed by atoms with Crippen molar-refractivity contribution in [3.8, 4) is 0 Å². The minimum absolute atomic E-state index is 1.16. The molecule has 17 heavy (non-hydrogen) atoms. The van der Waals surface area contributed by atoms with Crippen LogP contribution in [0.1, 0.15) is 23.2 Å². The number of rotatable bonds is 4. The Morgan fingerprint density at radius 3 is 2.65 bits per heavy atom. The quantitative estimate of drug-likeness (QED) is 0.854. The highest BCUT2D eigenvalue weighted by Gasteiger charge is 2.04. The maximum atomic E-state index is 3.42. The molecule has 1 heterocycles. The molecule has 0 aliphatic heterocycles. The summed E-state index contributed by atoms with van der Waals surface area (Å²) in [4.78, 5) is 5.66. The molecule has 0 saturated heterocycles. The van der Waals surface area contributed by atoms with Gasteiger partial charge in [-0.05, 0) is 70.6 Å². The first-order chi connectivity index (χ1) is 8.08. The number of hydrogen-bond acceptors (Lipinski definition) is 1. The van der Waals surface area contributed by atoms with Crippen LogP contribution in [0.4, 0.5) is 0 Å². The number of aromatic amines is 1. The van der Waals surface area contributed by atoms with E-state index >= 15 is 0 Å². The molecule has 1 N–H and O–H groups in total. The van der Waals surface area contributed by atoms with Crippen molar-refractivity contribution < 1.29 is 0 Å². The first kappa shape index (κ1) is 12.2. The molecule has 0 unspecified atom stereocenters. The highest BCUT2D eigenvalue weighted by Crippen LogP contribution is 2.22. The van der Waals surface area contributed by atoms with Crippen LogP contribution in [0.25, 0.3) is 10.9 Å². The second-order valence-corrected chi connectivity index (χ2v) is 5.16. The maximum absolute atomic E-state index is 3.42. The molecule has 0 spiro atoms. The second-order valence-electron chi connectivity index (χ2n) is 5.16. The summed E-state index contributed by atoms with van der Waals surface area (Å²) in [5.74, 6) is 0. The van der Waals surface area contributed by atoms with Gasteiger partial charge in [0.05, 0.1) is 0 Å². The lowest BCUT2D eigenvalue weighted by Crippen LogP contribution is -2.13. The number of benzene rings is 1. The molecule has 2 nitrogen and oxygen atoms in total. The molecule has 1 aromatic heterocycles. The summed E-state index contributed by atoms with van der Waals surface area (Å²) in [7, 11) is 4.26. The highest BCUT2D eigenvalue weighted by molar-refractivity contribution is 5.84. The summed E-state index contributed by atoms with van der Waals surface area (Å²) < 4.78 is 0. The van der Waals surface area contributed by atoms with Gasteiger partial charge < -0.3 is 9.88 Å². The lowest BCUT2D eigenvalue weighted by atomic mass is 10.1. The van der Waals surface area contributed by atoms with Gasteiger partial charge in [-0.2, -0.15) is 0 Å². The zero-order valence-electron chi connectivity index (χ0n) is 11.3. The van der Waals surface area contributed by atoms with Gasteiger partial charge in [0.1, 0.15) is 0 Å². The molecule has 1 aromatic carbocycles. The van der Waals surface area contributed by atoms with Crippen molar-refractivity contribution in [2.24, 2.45) is 0 Å². The lowest BCUT2D eigenvalue weighted by Gasteiger charge is -2.09. The number of aryl methyl sites for hydroxylation is 3. The van der Waals surface area contributed by atoms with E-state index < -0.39 is 0 Å². The minimum Gasteiger partial charge on any atom is -0.358 e. The number of aromatic nitrogens is 1. The third-order valence-electron chi connectivity index (χ3n) is 3.44. The normalized spacial score (nSPS) is 11.6. The summed E-state index contributed by atoms with van der Waals surface area (Å²) in [5.41, 5.74) is 5.37. The van der Waals surface area contributed by atoms with E-state index in [1.165, 1.54) is 34.1 Å². The Balaban J connectivity index is 2.16. The number of H-pyrrole nitrogens is 1. The van der Waals surface area contributed by atoms with Gasteiger partial charge in [0.2, 0.25) is 0 Å². The van der Waals surface area contributed by atoms with E-state index in [2.05, 4.69) is 56.0 Å². The zero-order chi connectivity index (χ0) is 12.4. The standard InChI is InChI=1S/C15H22N2/c1-11-12(2)16-15-8-7-13(10-14(11)15)6-5-9-17(3)4/h7-8,10,16H,5-6,9H2,1-4H3. The lowest BCUT2D eigenvalue weighted by molar-refractivity contribution is 0.400. The van der Waals surface area contributed by atoms with Crippen molar-refractivity contribution in [2.45, 2.75) is 26.7 Å². The predicted molar refractivity (Wildman–Crippen MR) is 74.6 cm³/mol. The molecule has 2 rings (SSSR count). The molecule has 0 bridgehead atoms. The van der Waals surface area contributed by atoms with Gasteiger partial charge in [0, 0.05) is 16.6 Å². The molecule has 2 heteroatoms. The fraction of sp³-hybridized carbons (Fsp3) is 0.467. The number of hydrogen-bond donors (Lipinski definition) is 1. The molecule has 0 amide bonds. The molecular formula is C15H22N2. The van der Waals surface area contributed by atoms with Crippen LogP contribution < -0.4 is 0 Å². The third kappa shape index (κ3) is 2.70. The van der Waals surface area contributed by atoms with E-state index in [4.69, 9.17) is 0 Å². The molecule has 0 aliphatic carbocycles. The van der Waals surface area contributed by atoms with Crippen molar-refractivity contribution in [1.82, 2.24) is 9.88 Å². The molecular weight excluding hydrogens is 208 g/mol. The van der Waals surface area contributed by atoms with Gasteiger partial charge in [0.15, 0.2) is 0 Å². The average Bonchev–Trinajstić information content (AvgIpc) is 2.55. The average molecular weight is 230 g/mol. The van der Waals surface area contributed by atoms with Crippen molar-refractivity contribution in [1.29, 1.82) is 0 Å². The van der Waals surface area contributed by atoms with E-state index in [0.717, 1.165) is 13.0 Å². The second kappa shape index (κ2) is 4.92. The van der Waals surface area contributed by atoms with E-state index in [1.807, 2.05) is 0 Å². The number of nitrogens with zero attached hydrogens (tertiary/aromatic N) is 1. The molecule has 0 atom stereocenters. The van der Waals surface area contributed by atoms with Crippen LogP contribution in [0.5, 0.6) is 0 Å². The van der Waals surface area contributed by atoms with Crippen LogP contribution in [0, 0.1) is 13.8 Å². The van der Waals surface area contributed by atoms with Crippen molar-refractivity contribution in [3.05, 3.63) is 35.0 Å². The smallest absolute Gasteiger partial charge is 0.0458 e. The molecule has 0 saturated carbocycles. The largest absolute Gasteiger partial charge is 0.358 e. The Kier molecular flexibility index (Phi) is 3.53. The van der Waals surface area contributed by atoms with E-state index in [-0.39, 0.29) is 0 Å². The van der Waals surface area contributed by atoms with Crippen molar-refractivity contribution >= 4 is 10.9 Å². The van der Waals surface area contributed by atoms with Crippen LogP contribution >= 0.6 is 0 Å². The zero-order valence-corrected chi connectivity index (χ0v) is 11.3. The fourth-order valence-electron chi connectivity index (χ4n) is 2.26. The summed E-state index contributed by atoms with van der Waals surface area (Å²) in [6, 6.07) is 6.79.